The van der Waals surface area contributed by atoms with Crippen LogP contribution in [0.5, 0.6) is 5.75 Å². The maximum Gasteiger partial charge on any atom is 0.266 e. The zero-order chi connectivity index (χ0) is 22.9. The number of likely N-dealkylation sites (N-methyl/N-ethyl adjacent to an activating group) is 1. The van der Waals surface area contributed by atoms with Gasteiger partial charge in [-0.2, -0.15) is 0 Å². The van der Waals surface area contributed by atoms with Crippen LogP contribution in [-0.2, 0) is 16.6 Å². The van der Waals surface area contributed by atoms with Gasteiger partial charge >= 0.3 is 0 Å². The molecule has 4 rings (SSSR count). The first kappa shape index (κ1) is 22.8. The second kappa shape index (κ2) is 9.22. The van der Waals surface area contributed by atoms with Crippen LogP contribution in [0, 0.1) is 5.82 Å². The highest BCUT2D eigenvalue weighted by molar-refractivity contribution is 7.92. The fourth-order valence-corrected chi connectivity index (χ4v) is 5.81. The van der Waals surface area contributed by atoms with E-state index in [1.165, 1.54) is 22.2 Å². The SMILES string of the molecule is CN(c1cc(F)c(S(=O)(=O)Nc2cscn2)cc1Cl)[C@H]1CCN(Cc2ccccc2O)C1. The molecular weight excluding hydrogens is 475 g/mol. The molecule has 32 heavy (non-hydrogen) atoms. The molecule has 7 nitrogen and oxygen atoms in total. The molecule has 3 aromatic rings. The fourth-order valence-electron chi connectivity index (χ4n) is 3.80. The zero-order valence-corrected chi connectivity index (χ0v) is 19.6. The smallest absolute Gasteiger partial charge is 0.266 e. The Morgan fingerprint density at radius 1 is 1.38 bits per heavy atom. The van der Waals surface area contributed by atoms with Crippen molar-refractivity contribution in [1.29, 1.82) is 0 Å². The van der Waals surface area contributed by atoms with Gasteiger partial charge in [-0.3, -0.25) is 9.62 Å². The van der Waals surface area contributed by atoms with Gasteiger partial charge in [-0.1, -0.05) is 29.8 Å². The third-order valence-electron chi connectivity index (χ3n) is 5.52. The minimum atomic E-state index is -4.16. The number of likely N-dealkylation sites (tertiary alicyclic amines) is 1. The van der Waals surface area contributed by atoms with Gasteiger partial charge in [-0.15, -0.1) is 11.3 Å². The molecule has 2 heterocycles. The van der Waals surface area contributed by atoms with Gasteiger partial charge in [-0.05, 0) is 18.6 Å². The Balaban J connectivity index is 1.49. The largest absolute Gasteiger partial charge is 0.508 e. The van der Waals surface area contributed by atoms with E-state index in [2.05, 4.69) is 14.6 Å². The summed E-state index contributed by atoms with van der Waals surface area (Å²) in [4.78, 5) is 7.42. The Morgan fingerprint density at radius 3 is 2.88 bits per heavy atom. The van der Waals surface area contributed by atoms with E-state index in [4.69, 9.17) is 11.6 Å². The van der Waals surface area contributed by atoms with E-state index in [-0.39, 0.29) is 22.6 Å². The first-order valence-electron chi connectivity index (χ1n) is 9.86. The van der Waals surface area contributed by atoms with Gasteiger partial charge in [-0.25, -0.2) is 17.8 Å². The highest BCUT2D eigenvalue weighted by Gasteiger charge is 2.29. The molecule has 11 heteroatoms. The van der Waals surface area contributed by atoms with E-state index in [0.29, 0.717) is 18.8 Å². The van der Waals surface area contributed by atoms with Gasteiger partial charge in [0.15, 0.2) is 5.82 Å². The van der Waals surface area contributed by atoms with Gasteiger partial charge in [0, 0.05) is 49.7 Å². The Bertz CT molecular complexity index is 1210. The molecule has 0 bridgehead atoms. The van der Waals surface area contributed by atoms with Crippen LogP contribution in [-0.4, -0.2) is 49.6 Å². The standard InChI is InChI=1S/C21H22ClFN4O3S2/c1-26(15-6-7-27(11-15)10-14-4-2-3-5-19(14)28)18-9-17(23)20(8-16(18)22)32(29,30)25-21-12-31-13-24-21/h2-5,8-9,12-13,15,25,28H,6-7,10-11H2,1H3/t15-/m0/s1. The van der Waals surface area contributed by atoms with Crippen LogP contribution in [0.15, 0.2) is 52.2 Å². The highest BCUT2D eigenvalue weighted by Crippen LogP contribution is 2.34. The minimum Gasteiger partial charge on any atom is -0.508 e. The van der Waals surface area contributed by atoms with Crippen molar-refractivity contribution in [2.24, 2.45) is 0 Å². The molecular formula is C21H22ClFN4O3S2. The number of nitrogens with zero attached hydrogens (tertiary/aromatic N) is 3. The summed E-state index contributed by atoms with van der Waals surface area (Å²) in [6.07, 6.45) is 0.827. The third-order valence-corrected chi connectivity index (χ3v) is 7.78. The van der Waals surface area contributed by atoms with Crippen LogP contribution in [0.4, 0.5) is 15.9 Å². The van der Waals surface area contributed by atoms with Crippen LogP contribution in [0.3, 0.4) is 0 Å². The van der Waals surface area contributed by atoms with Crippen LogP contribution in [0.1, 0.15) is 12.0 Å². The van der Waals surface area contributed by atoms with Crippen molar-refractivity contribution in [2.45, 2.75) is 23.9 Å². The molecule has 2 N–H and O–H groups in total. The molecule has 1 aliphatic heterocycles. The van der Waals surface area contributed by atoms with Gasteiger partial charge in [0.1, 0.15) is 16.5 Å². The number of rotatable bonds is 7. The van der Waals surface area contributed by atoms with E-state index >= 15 is 0 Å². The average molecular weight is 497 g/mol. The first-order chi connectivity index (χ1) is 15.2. The highest BCUT2D eigenvalue weighted by atomic mass is 35.5. The Kier molecular flexibility index (Phi) is 6.57. The summed E-state index contributed by atoms with van der Waals surface area (Å²) in [5.41, 5.74) is 2.75. The van der Waals surface area contributed by atoms with Crippen LogP contribution >= 0.6 is 22.9 Å². The van der Waals surface area contributed by atoms with Gasteiger partial charge < -0.3 is 10.0 Å². The number of aromatic nitrogens is 1. The number of thiazole rings is 1. The van der Waals surface area contributed by atoms with E-state index < -0.39 is 20.7 Å². The van der Waals surface area contributed by atoms with E-state index in [1.807, 2.05) is 24.1 Å². The lowest BCUT2D eigenvalue weighted by Crippen LogP contribution is -2.34. The molecule has 1 aromatic heterocycles. The number of hydrogen-bond acceptors (Lipinski definition) is 7. The molecule has 0 saturated carbocycles. The first-order valence-corrected chi connectivity index (χ1v) is 12.7. The quantitative estimate of drug-likeness (QED) is 0.511. The second-order valence-corrected chi connectivity index (χ2v) is 10.4. The number of sulfonamides is 1. The number of halogens is 2. The Morgan fingerprint density at radius 2 is 2.16 bits per heavy atom. The minimum absolute atomic E-state index is 0.0633. The number of nitrogens with one attached hydrogen (secondary N) is 1. The molecule has 1 fully saturated rings. The van der Waals surface area contributed by atoms with Crippen molar-refractivity contribution < 1.29 is 17.9 Å². The predicted octanol–water partition coefficient (Wildman–Crippen LogP) is 4.15. The lowest BCUT2D eigenvalue weighted by Gasteiger charge is -2.28. The fraction of sp³-hybridized carbons (Fsp3) is 0.286. The van der Waals surface area contributed by atoms with Gasteiger partial charge in [0.25, 0.3) is 10.0 Å². The summed E-state index contributed by atoms with van der Waals surface area (Å²) in [7, 11) is -2.35. The molecule has 0 spiro atoms. The number of para-hydroxylation sites is 1. The van der Waals surface area contributed by atoms with Crippen molar-refractivity contribution in [2.75, 3.05) is 29.8 Å². The van der Waals surface area contributed by atoms with Crippen LogP contribution < -0.4 is 9.62 Å². The van der Waals surface area contributed by atoms with Crippen molar-refractivity contribution in [1.82, 2.24) is 9.88 Å². The zero-order valence-electron chi connectivity index (χ0n) is 17.2. The van der Waals surface area contributed by atoms with E-state index in [1.54, 1.807) is 12.1 Å². The van der Waals surface area contributed by atoms with Crippen LogP contribution in [0.25, 0.3) is 0 Å². The van der Waals surface area contributed by atoms with Crippen molar-refractivity contribution in [3.05, 3.63) is 63.7 Å². The van der Waals surface area contributed by atoms with Crippen molar-refractivity contribution in [3.8, 4) is 5.75 Å². The molecule has 2 aromatic carbocycles. The number of hydrogen-bond donors (Lipinski definition) is 2. The lowest BCUT2D eigenvalue weighted by molar-refractivity contribution is 0.319. The topological polar surface area (TPSA) is 85.8 Å². The summed E-state index contributed by atoms with van der Waals surface area (Å²) in [5, 5.41) is 11.7. The van der Waals surface area contributed by atoms with E-state index in [9.17, 15) is 17.9 Å². The maximum atomic E-state index is 14.8. The molecule has 0 aliphatic carbocycles. The summed E-state index contributed by atoms with van der Waals surface area (Å²) in [6, 6.07) is 9.57. The number of benzene rings is 2. The number of phenolic OH excluding ortho intramolecular Hbond substituents is 1. The number of aromatic hydroxyl groups is 1. The third kappa shape index (κ3) is 4.83. The van der Waals surface area contributed by atoms with Crippen molar-refractivity contribution in [3.63, 3.8) is 0 Å². The average Bonchev–Trinajstić information content (AvgIpc) is 3.42. The summed E-state index contributed by atoms with van der Waals surface area (Å²) in [5.74, 6) is -0.497. The summed E-state index contributed by atoms with van der Waals surface area (Å²) >= 11 is 7.61. The molecule has 0 unspecified atom stereocenters. The molecule has 1 saturated heterocycles. The normalized spacial score (nSPS) is 16.9. The van der Waals surface area contributed by atoms with Crippen LogP contribution in [0.2, 0.25) is 5.02 Å². The summed E-state index contributed by atoms with van der Waals surface area (Å²) < 4.78 is 42.2. The molecule has 1 aliphatic rings. The van der Waals surface area contributed by atoms with Gasteiger partial charge in [0.2, 0.25) is 0 Å². The summed E-state index contributed by atoms with van der Waals surface area (Å²) in [6.45, 7) is 2.13. The molecule has 170 valence electrons. The number of anilines is 2. The number of phenols is 1. The molecule has 0 radical (unpaired) electrons. The second-order valence-electron chi connectivity index (χ2n) is 7.63. The molecule has 1 atom stereocenters. The lowest BCUT2D eigenvalue weighted by atomic mass is 10.2. The predicted molar refractivity (Wildman–Crippen MR) is 125 cm³/mol. The van der Waals surface area contributed by atoms with E-state index in [0.717, 1.165) is 30.7 Å². The Hall–Kier alpha value is -2.40. The molecule has 0 amide bonds. The van der Waals surface area contributed by atoms with Crippen molar-refractivity contribution >= 4 is 44.5 Å². The maximum absolute atomic E-state index is 14.8. The Labute approximate surface area is 195 Å². The monoisotopic (exact) mass is 496 g/mol. The van der Waals surface area contributed by atoms with Gasteiger partial charge in [0.05, 0.1) is 16.2 Å².